The summed E-state index contributed by atoms with van der Waals surface area (Å²) in [7, 11) is 0. The molecular weight excluding hydrogens is 357 g/mol. The van der Waals surface area contributed by atoms with Crippen LogP contribution in [0.2, 0.25) is 0 Å². The monoisotopic (exact) mass is 385 g/mol. The predicted molar refractivity (Wildman–Crippen MR) is 107 cm³/mol. The quantitative estimate of drug-likeness (QED) is 0.829. The van der Waals surface area contributed by atoms with Gasteiger partial charge >= 0.3 is 6.09 Å². The molecule has 0 saturated carbocycles. The van der Waals surface area contributed by atoms with Crippen LogP contribution in [-0.2, 0) is 4.74 Å². The van der Waals surface area contributed by atoms with E-state index in [1.165, 1.54) is 6.07 Å². The molecule has 0 aliphatic carbocycles. The van der Waals surface area contributed by atoms with Crippen molar-refractivity contribution >= 4 is 6.09 Å². The molecule has 4 nitrogen and oxygen atoms in total. The van der Waals surface area contributed by atoms with Gasteiger partial charge in [-0.3, -0.25) is 0 Å². The van der Waals surface area contributed by atoms with Crippen molar-refractivity contribution in [3.63, 3.8) is 0 Å². The van der Waals surface area contributed by atoms with E-state index < -0.39 is 29.8 Å². The average Bonchev–Trinajstić information content (AvgIpc) is 3.13. The molecular formula is C23H28FNO3. The van der Waals surface area contributed by atoms with E-state index in [-0.39, 0.29) is 5.82 Å². The lowest BCUT2D eigenvalue weighted by Gasteiger charge is -2.35. The number of hydrogen-bond donors (Lipinski definition) is 1. The number of aliphatic hydroxyl groups excluding tert-OH is 1. The molecule has 1 N–H and O–H groups in total. The third kappa shape index (κ3) is 4.53. The van der Waals surface area contributed by atoms with Crippen molar-refractivity contribution in [3.8, 4) is 0 Å². The van der Waals surface area contributed by atoms with Gasteiger partial charge < -0.3 is 14.7 Å². The van der Waals surface area contributed by atoms with Crippen LogP contribution in [0.5, 0.6) is 0 Å². The number of nitrogens with zero attached hydrogens (tertiary/aromatic N) is 1. The molecule has 0 aromatic heterocycles. The Balaban J connectivity index is 1.94. The summed E-state index contributed by atoms with van der Waals surface area (Å²) in [5.41, 5.74) is 0.632. The molecule has 1 heterocycles. The number of likely N-dealkylation sites (tertiary alicyclic amines) is 1. The number of amides is 1. The second kappa shape index (κ2) is 8.31. The zero-order valence-electron chi connectivity index (χ0n) is 16.6. The standard InChI is InChI=1S/C23H28FNO3/c1-23(2,3)28-22(27)25-15-9-14-19(25)21(26)20(16-10-5-4-6-11-16)17-12-7-8-13-18(17)24/h4-8,10-13,19-21,26H,9,14-15H2,1-3H3/t19?,20-,21+/m0/s1. The molecule has 1 fully saturated rings. The summed E-state index contributed by atoms with van der Waals surface area (Å²) in [6.45, 7) is 5.98. The van der Waals surface area contributed by atoms with Crippen molar-refractivity contribution in [2.75, 3.05) is 6.54 Å². The van der Waals surface area contributed by atoms with Crippen molar-refractivity contribution in [2.24, 2.45) is 0 Å². The van der Waals surface area contributed by atoms with Gasteiger partial charge in [-0.05, 0) is 50.8 Å². The fourth-order valence-corrected chi connectivity index (χ4v) is 3.87. The largest absolute Gasteiger partial charge is 0.444 e. The minimum Gasteiger partial charge on any atom is -0.444 e. The number of benzene rings is 2. The van der Waals surface area contributed by atoms with Gasteiger partial charge in [-0.2, -0.15) is 0 Å². The summed E-state index contributed by atoms with van der Waals surface area (Å²) in [6.07, 6.45) is 0.0431. The van der Waals surface area contributed by atoms with Crippen LogP contribution in [-0.4, -0.2) is 40.4 Å². The van der Waals surface area contributed by atoms with Crippen LogP contribution >= 0.6 is 0 Å². The Morgan fingerprint density at radius 1 is 1.14 bits per heavy atom. The molecule has 1 aliphatic heterocycles. The molecule has 3 atom stereocenters. The molecule has 0 spiro atoms. The molecule has 0 bridgehead atoms. The van der Waals surface area contributed by atoms with Gasteiger partial charge in [-0.25, -0.2) is 9.18 Å². The molecule has 1 saturated heterocycles. The predicted octanol–water partition coefficient (Wildman–Crippen LogP) is 4.72. The topological polar surface area (TPSA) is 49.8 Å². The van der Waals surface area contributed by atoms with E-state index in [1.807, 2.05) is 51.1 Å². The van der Waals surface area contributed by atoms with Gasteiger partial charge in [0.2, 0.25) is 0 Å². The first-order chi connectivity index (χ1) is 13.3. The third-order valence-corrected chi connectivity index (χ3v) is 5.06. The Labute approximate surface area is 165 Å². The van der Waals surface area contributed by atoms with E-state index in [0.717, 1.165) is 12.0 Å². The number of ether oxygens (including phenoxy) is 1. The van der Waals surface area contributed by atoms with Crippen LogP contribution in [0.4, 0.5) is 9.18 Å². The normalized spacial score (nSPS) is 19.3. The van der Waals surface area contributed by atoms with Crippen LogP contribution < -0.4 is 0 Å². The van der Waals surface area contributed by atoms with Crippen LogP contribution in [0.25, 0.3) is 0 Å². The highest BCUT2D eigenvalue weighted by molar-refractivity contribution is 5.69. The van der Waals surface area contributed by atoms with Gasteiger partial charge in [-0.1, -0.05) is 48.5 Å². The minimum atomic E-state index is -0.950. The number of rotatable bonds is 4. The second-order valence-electron chi connectivity index (χ2n) is 8.28. The Hall–Kier alpha value is -2.40. The summed E-state index contributed by atoms with van der Waals surface area (Å²) in [5, 5.41) is 11.3. The lowest BCUT2D eigenvalue weighted by atomic mass is 9.82. The van der Waals surface area contributed by atoms with E-state index >= 15 is 0 Å². The highest BCUT2D eigenvalue weighted by atomic mass is 19.1. The van der Waals surface area contributed by atoms with Crippen LogP contribution in [0.3, 0.4) is 0 Å². The lowest BCUT2D eigenvalue weighted by molar-refractivity contribution is 0.00241. The number of carbonyl (C=O) groups is 1. The van der Waals surface area contributed by atoms with Gasteiger partial charge in [-0.15, -0.1) is 0 Å². The maximum Gasteiger partial charge on any atom is 0.410 e. The first-order valence-electron chi connectivity index (χ1n) is 9.75. The minimum absolute atomic E-state index is 0.364. The van der Waals surface area contributed by atoms with Crippen molar-refractivity contribution in [3.05, 3.63) is 71.5 Å². The molecule has 2 aromatic carbocycles. The zero-order valence-corrected chi connectivity index (χ0v) is 16.6. The fraction of sp³-hybridized carbons (Fsp3) is 0.435. The SMILES string of the molecule is CC(C)(C)OC(=O)N1CCCC1[C@@H](O)[C@@H](c1ccccc1)c1ccccc1F. The molecule has 2 aromatic rings. The summed E-state index contributed by atoms with van der Waals surface area (Å²) < 4.78 is 20.2. The maximum atomic E-state index is 14.6. The summed E-state index contributed by atoms with van der Waals surface area (Å²) in [4.78, 5) is 14.2. The summed E-state index contributed by atoms with van der Waals surface area (Å²) in [6, 6.07) is 15.5. The first kappa shape index (κ1) is 20.3. The third-order valence-electron chi connectivity index (χ3n) is 5.06. The summed E-state index contributed by atoms with van der Waals surface area (Å²) in [5.74, 6) is -0.937. The molecule has 1 unspecified atom stereocenters. The Bertz CT molecular complexity index is 803. The molecule has 3 rings (SSSR count). The van der Waals surface area contributed by atoms with Gasteiger partial charge in [0.1, 0.15) is 11.4 Å². The van der Waals surface area contributed by atoms with E-state index in [4.69, 9.17) is 4.74 Å². The molecule has 28 heavy (non-hydrogen) atoms. The molecule has 150 valence electrons. The highest BCUT2D eigenvalue weighted by Crippen LogP contribution is 2.36. The summed E-state index contributed by atoms with van der Waals surface area (Å²) >= 11 is 0. The molecule has 5 heteroatoms. The van der Waals surface area contributed by atoms with Crippen molar-refractivity contribution in [2.45, 2.75) is 57.3 Å². The van der Waals surface area contributed by atoms with Gasteiger partial charge in [0.15, 0.2) is 0 Å². The van der Waals surface area contributed by atoms with E-state index in [1.54, 1.807) is 23.1 Å². The van der Waals surface area contributed by atoms with Crippen LogP contribution in [0, 0.1) is 5.82 Å². The van der Waals surface area contributed by atoms with E-state index in [9.17, 15) is 14.3 Å². The fourth-order valence-electron chi connectivity index (χ4n) is 3.87. The first-order valence-corrected chi connectivity index (χ1v) is 9.75. The lowest BCUT2D eigenvalue weighted by Crippen LogP contribution is -2.47. The average molecular weight is 385 g/mol. The molecule has 1 amide bonds. The number of halogens is 1. The van der Waals surface area contributed by atoms with Crippen molar-refractivity contribution in [1.29, 1.82) is 0 Å². The van der Waals surface area contributed by atoms with E-state index in [0.29, 0.717) is 18.5 Å². The number of carbonyl (C=O) groups excluding carboxylic acids is 1. The Kier molecular flexibility index (Phi) is 6.04. The number of hydrogen-bond acceptors (Lipinski definition) is 3. The van der Waals surface area contributed by atoms with E-state index in [2.05, 4.69) is 0 Å². The Morgan fingerprint density at radius 2 is 1.79 bits per heavy atom. The van der Waals surface area contributed by atoms with Gasteiger partial charge in [0.05, 0.1) is 12.1 Å². The van der Waals surface area contributed by atoms with Crippen molar-refractivity contribution in [1.82, 2.24) is 4.90 Å². The van der Waals surface area contributed by atoms with Crippen LogP contribution in [0.15, 0.2) is 54.6 Å². The molecule has 0 radical (unpaired) electrons. The molecule has 1 aliphatic rings. The smallest absolute Gasteiger partial charge is 0.410 e. The van der Waals surface area contributed by atoms with Crippen LogP contribution in [0.1, 0.15) is 50.7 Å². The zero-order chi connectivity index (χ0) is 20.3. The van der Waals surface area contributed by atoms with Crippen molar-refractivity contribution < 1.29 is 19.0 Å². The van der Waals surface area contributed by atoms with Gasteiger partial charge in [0, 0.05) is 12.5 Å². The highest BCUT2D eigenvalue weighted by Gasteiger charge is 2.41. The van der Waals surface area contributed by atoms with Gasteiger partial charge in [0.25, 0.3) is 0 Å². The number of aliphatic hydroxyl groups is 1. The second-order valence-corrected chi connectivity index (χ2v) is 8.28. The Morgan fingerprint density at radius 3 is 2.43 bits per heavy atom. The maximum absolute atomic E-state index is 14.6.